The van der Waals surface area contributed by atoms with Crippen LogP contribution in [0.4, 0.5) is 5.69 Å². The van der Waals surface area contributed by atoms with Crippen LogP contribution in [0.2, 0.25) is 5.02 Å². The van der Waals surface area contributed by atoms with Crippen LogP contribution in [0.5, 0.6) is 5.75 Å². The zero-order chi connectivity index (χ0) is 19.8. The summed E-state index contributed by atoms with van der Waals surface area (Å²) in [5.74, 6) is -0.254. The molecular weight excluding hydrogens is 374 g/mol. The Balaban J connectivity index is 1.82. The van der Waals surface area contributed by atoms with E-state index in [0.717, 1.165) is 0 Å². The summed E-state index contributed by atoms with van der Waals surface area (Å²) in [7, 11) is 1.52. The highest BCUT2D eigenvalue weighted by Crippen LogP contribution is 2.23. The predicted molar refractivity (Wildman–Crippen MR) is 99.5 cm³/mol. The number of carbonyl (C=O) groups excluding carboxylic acids is 2. The van der Waals surface area contributed by atoms with E-state index in [4.69, 9.17) is 16.3 Å². The molecule has 0 spiro atoms. The molecule has 0 radical (unpaired) electrons. The first-order chi connectivity index (χ1) is 12.9. The van der Waals surface area contributed by atoms with Gasteiger partial charge in [-0.3, -0.25) is 19.7 Å². The van der Waals surface area contributed by atoms with Crippen molar-refractivity contribution in [3.05, 3.63) is 69.2 Å². The first-order valence-corrected chi connectivity index (χ1v) is 8.36. The SMILES string of the molecule is CN(Cc1cc([N+](=O)[O-])ccc1Cl)C(=O)CNC(=O)COc1ccccc1. The number of halogens is 1. The Labute approximate surface area is 160 Å². The minimum absolute atomic E-state index is 0.0791. The predicted octanol–water partition coefficient (Wildman–Crippen LogP) is 2.40. The van der Waals surface area contributed by atoms with E-state index in [1.54, 1.807) is 24.3 Å². The van der Waals surface area contributed by atoms with Crippen molar-refractivity contribution >= 4 is 29.1 Å². The van der Waals surface area contributed by atoms with Crippen molar-refractivity contribution in [2.75, 3.05) is 20.2 Å². The lowest BCUT2D eigenvalue weighted by atomic mass is 10.2. The first kappa shape index (κ1) is 20.2. The number of nitrogens with one attached hydrogen (secondary N) is 1. The zero-order valence-corrected chi connectivity index (χ0v) is 15.3. The van der Waals surface area contributed by atoms with Crippen LogP contribution in [0.1, 0.15) is 5.56 Å². The summed E-state index contributed by atoms with van der Waals surface area (Å²) < 4.78 is 5.29. The van der Waals surface area contributed by atoms with E-state index < -0.39 is 10.8 Å². The van der Waals surface area contributed by atoms with Gasteiger partial charge in [-0.05, 0) is 23.8 Å². The van der Waals surface area contributed by atoms with E-state index in [1.807, 2.05) is 6.07 Å². The van der Waals surface area contributed by atoms with E-state index in [9.17, 15) is 19.7 Å². The van der Waals surface area contributed by atoms with Gasteiger partial charge in [0.2, 0.25) is 5.91 Å². The Hall–Kier alpha value is -3.13. The topological polar surface area (TPSA) is 102 Å². The molecule has 2 rings (SSSR count). The molecule has 0 aliphatic heterocycles. The van der Waals surface area contributed by atoms with Crippen LogP contribution in [-0.4, -0.2) is 41.8 Å². The van der Waals surface area contributed by atoms with E-state index >= 15 is 0 Å². The average molecular weight is 392 g/mol. The van der Waals surface area contributed by atoms with Gasteiger partial charge in [0.1, 0.15) is 5.75 Å². The number of non-ortho nitro benzene ring substituents is 1. The van der Waals surface area contributed by atoms with Crippen molar-refractivity contribution in [1.82, 2.24) is 10.2 Å². The van der Waals surface area contributed by atoms with Gasteiger partial charge in [-0.2, -0.15) is 0 Å². The van der Waals surface area contributed by atoms with Gasteiger partial charge < -0.3 is 15.0 Å². The molecule has 1 N–H and O–H groups in total. The Kier molecular flexibility index (Phi) is 7.13. The number of hydrogen-bond acceptors (Lipinski definition) is 5. The number of nitro benzene ring substituents is 1. The lowest BCUT2D eigenvalue weighted by Gasteiger charge is -2.18. The van der Waals surface area contributed by atoms with Crippen molar-refractivity contribution in [3.63, 3.8) is 0 Å². The number of carbonyl (C=O) groups is 2. The lowest BCUT2D eigenvalue weighted by Crippen LogP contribution is -2.39. The van der Waals surface area contributed by atoms with Crippen LogP contribution >= 0.6 is 11.6 Å². The Morgan fingerprint density at radius 2 is 1.93 bits per heavy atom. The number of para-hydroxylation sites is 1. The molecular formula is C18H18ClN3O5. The number of ether oxygens (including phenoxy) is 1. The quantitative estimate of drug-likeness (QED) is 0.550. The number of nitro groups is 1. The van der Waals surface area contributed by atoms with Crippen LogP contribution in [0.3, 0.4) is 0 Å². The Morgan fingerprint density at radius 1 is 1.22 bits per heavy atom. The number of benzene rings is 2. The number of amides is 2. The van der Waals surface area contributed by atoms with E-state index in [1.165, 1.54) is 30.1 Å². The van der Waals surface area contributed by atoms with Crippen LogP contribution < -0.4 is 10.1 Å². The second-order valence-corrected chi connectivity index (χ2v) is 6.07. The molecule has 0 saturated carbocycles. The maximum absolute atomic E-state index is 12.1. The molecule has 2 aromatic rings. The maximum atomic E-state index is 12.1. The third kappa shape index (κ3) is 6.27. The number of hydrogen-bond donors (Lipinski definition) is 1. The van der Waals surface area contributed by atoms with Gasteiger partial charge in [0, 0.05) is 30.7 Å². The molecule has 0 heterocycles. The minimum atomic E-state index is -0.533. The summed E-state index contributed by atoms with van der Waals surface area (Å²) in [4.78, 5) is 35.6. The molecule has 0 aromatic heterocycles. The molecule has 0 saturated heterocycles. The molecule has 0 fully saturated rings. The molecule has 9 heteroatoms. The molecule has 2 aromatic carbocycles. The van der Waals surface area contributed by atoms with Crippen molar-refractivity contribution in [2.24, 2.45) is 0 Å². The highest BCUT2D eigenvalue weighted by atomic mass is 35.5. The van der Waals surface area contributed by atoms with Gasteiger partial charge >= 0.3 is 0 Å². The third-order valence-corrected chi connectivity index (χ3v) is 3.99. The van der Waals surface area contributed by atoms with Gasteiger partial charge in [0.25, 0.3) is 11.6 Å². The largest absolute Gasteiger partial charge is 0.484 e. The second-order valence-electron chi connectivity index (χ2n) is 5.66. The summed E-state index contributed by atoms with van der Waals surface area (Å²) in [6.45, 7) is -0.354. The van der Waals surface area contributed by atoms with E-state index in [-0.39, 0.29) is 31.3 Å². The molecule has 2 amide bonds. The fraction of sp³-hybridized carbons (Fsp3) is 0.222. The average Bonchev–Trinajstić information content (AvgIpc) is 2.66. The zero-order valence-electron chi connectivity index (χ0n) is 14.6. The summed E-state index contributed by atoms with van der Waals surface area (Å²) in [5.41, 5.74) is 0.335. The summed E-state index contributed by atoms with van der Waals surface area (Å²) >= 11 is 6.03. The molecule has 0 atom stereocenters. The number of rotatable bonds is 8. The Morgan fingerprint density at radius 3 is 2.59 bits per heavy atom. The van der Waals surface area contributed by atoms with Crippen molar-refractivity contribution in [2.45, 2.75) is 6.54 Å². The lowest BCUT2D eigenvalue weighted by molar-refractivity contribution is -0.384. The van der Waals surface area contributed by atoms with Crippen LogP contribution in [0, 0.1) is 10.1 Å². The molecule has 8 nitrogen and oxygen atoms in total. The van der Waals surface area contributed by atoms with Gasteiger partial charge in [-0.1, -0.05) is 29.8 Å². The van der Waals surface area contributed by atoms with Gasteiger partial charge in [-0.25, -0.2) is 0 Å². The fourth-order valence-electron chi connectivity index (χ4n) is 2.17. The second kappa shape index (κ2) is 9.54. The maximum Gasteiger partial charge on any atom is 0.269 e. The molecule has 27 heavy (non-hydrogen) atoms. The van der Waals surface area contributed by atoms with E-state index in [2.05, 4.69) is 5.32 Å². The standard InChI is InChI=1S/C18H18ClN3O5/c1-21(11-13-9-14(22(25)26)7-8-16(13)19)18(24)10-20-17(23)12-27-15-5-3-2-4-6-15/h2-9H,10-12H2,1H3,(H,20,23). The monoisotopic (exact) mass is 391 g/mol. The summed E-state index contributed by atoms with van der Waals surface area (Å²) in [6, 6.07) is 12.9. The van der Waals surface area contributed by atoms with E-state index in [0.29, 0.717) is 16.3 Å². The summed E-state index contributed by atoms with van der Waals surface area (Å²) in [5, 5.41) is 13.6. The van der Waals surface area contributed by atoms with Crippen molar-refractivity contribution < 1.29 is 19.2 Å². The smallest absolute Gasteiger partial charge is 0.269 e. The van der Waals surface area contributed by atoms with Gasteiger partial charge in [0.05, 0.1) is 11.5 Å². The molecule has 0 bridgehead atoms. The normalized spacial score (nSPS) is 10.1. The highest BCUT2D eigenvalue weighted by molar-refractivity contribution is 6.31. The highest BCUT2D eigenvalue weighted by Gasteiger charge is 2.15. The number of nitrogens with zero attached hydrogens (tertiary/aromatic N) is 2. The van der Waals surface area contributed by atoms with Crippen molar-refractivity contribution in [3.8, 4) is 5.75 Å². The van der Waals surface area contributed by atoms with Gasteiger partial charge in [0.15, 0.2) is 6.61 Å². The minimum Gasteiger partial charge on any atom is -0.484 e. The molecule has 0 aliphatic carbocycles. The first-order valence-electron chi connectivity index (χ1n) is 7.98. The van der Waals surface area contributed by atoms with Crippen LogP contribution in [0.15, 0.2) is 48.5 Å². The van der Waals surface area contributed by atoms with Crippen molar-refractivity contribution in [1.29, 1.82) is 0 Å². The molecule has 0 unspecified atom stereocenters. The van der Waals surface area contributed by atoms with Crippen LogP contribution in [-0.2, 0) is 16.1 Å². The fourth-order valence-corrected chi connectivity index (χ4v) is 2.34. The third-order valence-electron chi connectivity index (χ3n) is 3.62. The van der Waals surface area contributed by atoms with Crippen LogP contribution in [0.25, 0.3) is 0 Å². The summed E-state index contributed by atoms with van der Waals surface area (Å²) in [6.07, 6.45) is 0. The molecule has 142 valence electrons. The van der Waals surface area contributed by atoms with Gasteiger partial charge in [-0.15, -0.1) is 0 Å². The molecule has 0 aliphatic rings. The number of likely N-dealkylation sites (N-methyl/N-ethyl adjacent to an activating group) is 1. The Bertz CT molecular complexity index is 829.